The molecule has 0 aliphatic heterocycles. The molecule has 2 nitrogen and oxygen atoms in total. The summed E-state index contributed by atoms with van der Waals surface area (Å²) in [4.78, 5) is 4.60. The number of rotatable bonds is 1. The third kappa shape index (κ3) is 1.61. The van der Waals surface area contributed by atoms with Gasteiger partial charge in [0.05, 0.1) is 9.39 Å². The first kappa shape index (κ1) is 9.84. The summed E-state index contributed by atoms with van der Waals surface area (Å²) in [6.45, 7) is 0. The molecule has 3 heteroatoms. The van der Waals surface area contributed by atoms with E-state index in [1.54, 1.807) is 0 Å². The molecule has 2 heterocycles. The highest BCUT2D eigenvalue weighted by atomic mass is 127. The average molecular weight is 320 g/mol. The molecule has 0 aliphatic rings. The highest BCUT2D eigenvalue weighted by Gasteiger charge is 2.04. The smallest absolute Gasteiger partial charge is 0.138 e. The van der Waals surface area contributed by atoms with Crippen molar-refractivity contribution in [2.24, 2.45) is 0 Å². The lowest BCUT2D eigenvalue weighted by Crippen LogP contribution is -1.86. The van der Waals surface area contributed by atoms with E-state index in [0.717, 1.165) is 16.9 Å². The Kier molecular flexibility index (Phi) is 2.40. The fourth-order valence-electron chi connectivity index (χ4n) is 1.73. The van der Waals surface area contributed by atoms with Crippen LogP contribution >= 0.6 is 22.6 Å². The summed E-state index contributed by atoms with van der Waals surface area (Å²) in [6, 6.07) is 16.4. The maximum atomic E-state index is 4.60. The molecule has 0 fully saturated rings. The van der Waals surface area contributed by atoms with E-state index in [4.69, 9.17) is 0 Å². The minimum absolute atomic E-state index is 0.991. The number of nitrogens with zero attached hydrogens (tertiary/aromatic N) is 2. The molecular weight excluding hydrogens is 311 g/mol. The van der Waals surface area contributed by atoms with E-state index < -0.39 is 0 Å². The number of aromatic nitrogens is 2. The Hall–Kier alpha value is -1.36. The second-order valence-electron chi connectivity index (χ2n) is 3.57. The topological polar surface area (TPSA) is 17.3 Å². The number of pyridine rings is 1. The van der Waals surface area contributed by atoms with Crippen molar-refractivity contribution in [3.63, 3.8) is 0 Å². The number of halogens is 1. The Morgan fingerprint density at radius 2 is 1.75 bits per heavy atom. The Balaban J connectivity index is 2.23. The van der Waals surface area contributed by atoms with Crippen LogP contribution in [0.3, 0.4) is 0 Å². The van der Waals surface area contributed by atoms with Crippen molar-refractivity contribution >= 4 is 28.2 Å². The minimum Gasteiger partial charge on any atom is -0.294 e. The molecule has 0 saturated heterocycles. The molecule has 0 saturated carbocycles. The number of imidazole rings is 1. The molecule has 0 spiro atoms. The zero-order chi connectivity index (χ0) is 11.0. The molecule has 0 aliphatic carbocycles. The monoisotopic (exact) mass is 320 g/mol. The first-order chi connectivity index (χ1) is 7.84. The van der Waals surface area contributed by atoms with E-state index in [1.165, 1.54) is 3.70 Å². The molecule has 2 aromatic heterocycles. The highest BCUT2D eigenvalue weighted by Crippen LogP contribution is 2.20. The van der Waals surface area contributed by atoms with Gasteiger partial charge in [-0.2, -0.15) is 0 Å². The molecule has 3 aromatic rings. The van der Waals surface area contributed by atoms with E-state index >= 15 is 0 Å². The summed E-state index contributed by atoms with van der Waals surface area (Å²) >= 11 is 2.31. The zero-order valence-electron chi connectivity index (χ0n) is 8.47. The molecule has 78 valence electrons. The Bertz CT molecular complexity index is 629. The van der Waals surface area contributed by atoms with Crippen LogP contribution in [0, 0.1) is 3.70 Å². The fourth-order valence-corrected chi connectivity index (χ4v) is 2.32. The van der Waals surface area contributed by atoms with Crippen LogP contribution in [0.15, 0.2) is 54.7 Å². The number of hydrogen-bond acceptors (Lipinski definition) is 1. The van der Waals surface area contributed by atoms with Gasteiger partial charge in [-0.15, -0.1) is 0 Å². The van der Waals surface area contributed by atoms with E-state index in [2.05, 4.69) is 56.4 Å². The lowest BCUT2D eigenvalue weighted by Gasteiger charge is -1.94. The lowest BCUT2D eigenvalue weighted by atomic mass is 10.2. The molecule has 1 aromatic carbocycles. The molecule has 0 unspecified atom stereocenters. The van der Waals surface area contributed by atoms with Gasteiger partial charge < -0.3 is 0 Å². The van der Waals surface area contributed by atoms with Gasteiger partial charge >= 0.3 is 0 Å². The standard InChI is InChI=1S/C13H9IN2/c14-12-7-4-8-13-15-11(9-16(12)13)10-5-2-1-3-6-10/h1-9H. The Labute approximate surface area is 107 Å². The Morgan fingerprint density at radius 3 is 2.50 bits per heavy atom. The van der Waals surface area contributed by atoms with Crippen LogP contribution in [0.4, 0.5) is 0 Å². The van der Waals surface area contributed by atoms with Crippen LogP contribution in [-0.4, -0.2) is 9.38 Å². The summed E-state index contributed by atoms with van der Waals surface area (Å²) < 4.78 is 3.27. The molecular formula is C13H9IN2. The average Bonchev–Trinajstić information content (AvgIpc) is 2.76. The highest BCUT2D eigenvalue weighted by molar-refractivity contribution is 14.1. The summed E-state index contributed by atoms with van der Waals surface area (Å²) in [7, 11) is 0. The predicted molar refractivity (Wildman–Crippen MR) is 73.3 cm³/mol. The van der Waals surface area contributed by atoms with Gasteiger partial charge in [0.2, 0.25) is 0 Å². The normalized spacial score (nSPS) is 10.8. The van der Waals surface area contributed by atoms with E-state index in [0.29, 0.717) is 0 Å². The number of benzene rings is 1. The van der Waals surface area contributed by atoms with Gasteiger partial charge in [0.25, 0.3) is 0 Å². The van der Waals surface area contributed by atoms with Crippen LogP contribution in [0.25, 0.3) is 16.9 Å². The van der Waals surface area contributed by atoms with Crippen LogP contribution in [0.2, 0.25) is 0 Å². The summed E-state index contributed by atoms with van der Waals surface area (Å²) in [5.41, 5.74) is 3.16. The van der Waals surface area contributed by atoms with E-state index in [-0.39, 0.29) is 0 Å². The summed E-state index contributed by atoms with van der Waals surface area (Å²) in [6.07, 6.45) is 2.08. The second kappa shape index (κ2) is 3.90. The first-order valence-electron chi connectivity index (χ1n) is 5.03. The lowest BCUT2D eigenvalue weighted by molar-refractivity contribution is 1.14. The molecule has 0 bridgehead atoms. The van der Waals surface area contributed by atoms with Crippen molar-refractivity contribution in [3.8, 4) is 11.3 Å². The SMILES string of the molecule is Ic1cccc2nc(-c3ccccc3)cn12. The van der Waals surface area contributed by atoms with Crippen molar-refractivity contribution in [2.75, 3.05) is 0 Å². The summed E-state index contributed by atoms with van der Waals surface area (Å²) in [5, 5.41) is 0. The van der Waals surface area contributed by atoms with Crippen molar-refractivity contribution in [1.82, 2.24) is 9.38 Å². The molecule has 3 rings (SSSR count). The largest absolute Gasteiger partial charge is 0.294 e. The first-order valence-corrected chi connectivity index (χ1v) is 6.11. The third-order valence-corrected chi connectivity index (χ3v) is 3.39. The van der Waals surface area contributed by atoms with Crippen molar-refractivity contribution in [3.05, 3.63) is 58.4 Å². The maximum absolute atomic E-state index is 4.60. The predicted octanol–water partition coefficient (Wildman–Crippen LogP) is 3.61. The fraction of sp³-hybridized carbons (Fsp3) is 0. The van der Waals surface area contributed by atoms with Gasteiger partial charge in [0, 0.05) is 11.8 Å². The molecule has 0 atom stereocenters. The van der Waals surface area contributed by atoms with Gasteiger partial charge in [-0.25, -0.2) is 4.98 Å². The van der Waals surface area contributed by atoms with Crippen molar-refractivity contribution in [1.29, 1.82) is 0 Å². The second-order valence-corrected chi connectivity index (χ2v) is 4.67. The molecule has 0 N–H and O–H groups in total. The van der Waals surface area contributed by atoms with Crippen molar-refractivity contribution in [2.45, 2.75) is 0 Å². The van der Waals surface area contributed by atoms with Crippen LogP contribution in [0.5, 0.6) is 0 Å². The van der Waals surface area contributed by atoms with Gasteiger partial charge in [-0.1, -0.05) is 36.4 Å². The minimum atomic E-state index is 0.991. The van der Waals surface area contributed by atoms with E-state index in [9.17, 15) is 0 Å². The Morgan fingerprint density at radius 1 is 0.938 bits per heavy atom. The molecule has 16 heavy (non-hydrogen) atoms. The van der Waals surface area contributed by atoms with Crippen LogP contribution < -0.4 is 0 Å². The maximum Gasteiger partial charge on any atom is 0.138 e. The van der Waals surface area contributed by atoms with Gasteiger partial charge in [0.15, 0.2) is 0 Å². The molecule has 0 radical (unpaired) electrons. The van der Waals surface area contributed by atoms with Gasteiger partial charge in [-0.05, 0) is 34.7 Å². The number of fused-ring (bicyclic) bond motifs is 1. The van der Waals surface area contributed by atoms with Crippen LogP contribution in [-0.2, 0) is 0 Å². The summed E-state index contributed by atoms with van der Waals surface area (Å²) in [5.74, 6) is 0. The van der Waals surface area contributed by atoms with E-state index in [1.807, 2.05) is 30.3 Å². The molecule has 0 amide bonds. The van der Waals surface area contributed by atoms with Crippen molar-refractivity contribution < 1.29 is 0 Å². The van der Waals surface area contributed by atoms with Gasteiger partial charge in [-0.3, -0.25) is 4.40 Å². The zero-order valence-corrected chi connectivity index (χ0v) is 10.6. The quantitative estimate of drug-likeness (QED) is 0.495. The number of hydrogen-bond donors (Lipinski definition) is 0. The van der Waals surface area contributed by atoms with Crippen LogP contribution in [0.1, 0.15) is 0 Å². The third-order valence-electron chi connectivity index (χ3n) is 2.51. The van der Waals surface area contributed by atoms with Gasteiger partial charge in [0.1, 0.15) is 5.65 Å².